The van der Waals surface area contributed by atoms with Crippen molar-refractivity contribution in [2.24, 2.45) is 0 Å². The molecule has 0 spiro atoms. The first-order valence-electron chi connectivity index (χ1n) is 6.96. The summed E-state index contributed by atoms with van der Waals surface area (Å²) in [4.78, 5) is 60.3. The van der Waals surface area contributed by atoms with Gasteiger partial charge in [-0.25, -0.2) is 4.79 Å². The van der Waals surface area contributed by atoms with Gasteiger partial charge in [0.05, 0.1) is 12.4 Å². The molecule has 25 heteroatoms. The average molecular weight is 606 g/mol. The van der Waals surface area contributed by atoms with Crippen LogP contribution in [0.25, 0.3) is 0 Å². The van der Waals surface area contributed by atoms with E-state index in [0.29, 0.717) is 0 Å². The number of aliphatic hydroxyl groups is 2. The van der Waals surface area contributed by atoms with E-state index in [4.69, 9.17) is 37.9 Å². The molecular weight excluding hydrogens is 588 g/mol. The van der Waals surface area contributed by atoms with E-state index < -0.39 is 83.1 Å². The fourth-order valence-corrected chi connectivity index (χ4v) is 1.39. The number of rotatable bonds is 10. The van der Waals surface area contributed by atoms with Crippen molar-refractivity contribution in [2.75, 3.05) is 0 Å². The summed E-state index contributed by atoms with van der Waals surface area (Å²) in [5.74, 6) is -11.3. The molecule has 0 radical (unpaired) electrons. The van der Waals surface area contributed by atoms with Gasteiger partial charge in [0.2, 0.25) is 0 Å². The van der Waals surface area contributed by atoms with Crippen LogP contribution in [0, 0.1) is 0 Å². The van der Waals surface area contributed by atoms with Gasteiger partial charge in [-0.1, -0.05) is 0 Å². The van der Waals surface area contributed by atoms with E-state index in [-0.39, 0.29) is 129 Å². The number of carbonyl (C=O) groups is 6. The third-order valence-electron chi connectivity index (χ3n) is 2.53. The Bertz CT molecular complexity index is 722. The predicted octanol–water partition coefficient (Wildman–Crippen LogP) is -22.1. The molecular formula is C12H18Na4O20S. The Morgan fingerprint density at radius 2 is 0.811 bits per heavy atom. The number of hydrogen-bond acceptors (Lipinski definition) is 14. The third-order valence-corrected chi connectivity index (χ3v) is 2.53. The summed E-state index contributed by atoms with van der Waals surface area (Å²) in [5, 5.41) is 74.4. The molecule has 1 atom stereocenters. The standard InChI is InChI=1S/2C6H8O7.4Na.H2O4S.2H2O/c2*7-3(8)1-6(13,5(11)12)2-4(9)10;;;;;1-5(2,3)4;;/h2*13H,1-2H2,(H,7,8)(H,9,10)(H,11,12);;;;;(H2,1,2,3,4);2*1H2/q;;4*+1;;;/p-4. The predicted molar refractivity (Wildman–Crippen MR) is 85.1 cm³/mol. The number of carboxylic acids is 6. The van der Waals surface area contributed by atoms with Gasteiger partial charge in [0.25, 0.3) is 0 Å². The van der Waals surface area contributed by atoms with Gasteiger partial charge in [-0.3, -0.25) is 13.9 Å². The fraction of sp³-hybridized carbons (Fsp3) is 0.500. The first kappa shape index (κ1) is 61.5. The van der Waals surface area contributed by atoms with Crippen LogP contribution >= 0.6 is 0 Å². The topological polar surface area (TPSA) is 413 Å². The maximum atomic E-state index is 10.3. The maximum Gasteiger partial charge on any atom is 1.00 e. The van der Waals surface area contributed by atoms with Crippen molar-refractivity contribution in [3.63, 3.8) is 0 Å². The van der Waals surface area contributed by atoms with E-state index in [0.717, 1.165) is 0 Å². The molecule has 0 heterocycles. The number of carbonyl (C=O) groups excluding carboxylic acids is 4. The maximum absolute atomic E-state index is 10.3. The van der Waals surface area contributed by atoms with Crippen LogP contribution in [-0.4, -0.2) is 95.9 Å². The van der Waals surface area contributed by atoms with Gasteiger partial charge in [-0.05, 0) is 0 Å². The largest absolute Gasteiger partial charge is 1.00 e. The van der Waals surface area contributed by atoms with Crippen molar-refractivity contribution in [1.82, 2.24) is 0 Å². The van der Waals surface area contributed by atoms with Gasteiger partial charge in [-0.2, -0.15) is 8.42 Å². The Morgan fingerprint density at radius 3 is 0.946 bits per heavy atom. The monoisotopic (exact) mass is 606 g/mol. The van der Waals surface area contributed by atoms with Crippen molar-refractivity contribution < 1.29 is 216 Å². The smallest absolute Gasteiger partial charge is 0.550 e. The molecule has 1 unspecified atom stereocenters. The molecule has 0 aliphatic heterocycles. The molecule has 0 saturated heterocycles. The molecule has 37 heavy (non-hydrogen) atoms. The number of hydrogen-bond donors (Lipinski definition) is 6. The second kappa shape index (κ2) is 28.1. The molecule has 20 nitrogen and oxygen atoms in total. The molecule has 0 saturated carbocycles. The van der Waals surface area contributed by atoms with E-state index in [9.17, 15) is 49.2 Å². The van der Waals surface area contributed by atoms with Crippen molar-refractivity contribution in [1.29, 1.82) is 0 Å². The summed E-state index contributed by atoms with van der Waals surface area (Å²) < 4.78 is 31.6. The van der Waals surface area contributed by atoms with E-state index in [1.165, 1.54) is 0 Å². The normalized spacial score (nSPS) is 10.5. The van der Waals surface area contributed by atoms with E-state index in [1.54, 1.807) is 0 Å². The molecule has 0 amide bonds. The van der Waals surface area contributed by atoms with E-state index in [2.05, 4.69) is 0 Å². The Hall–Kier alpha value is 0.530. The molecule has 0 aromatic rings. The first-order valence-corrected chi connectivity index (χ1v) is 8.36. The van der Waals surface area contributed by atoms with Crippen molar-refractivity contribution in [2.45, 2.75) is 36.9 Å². The molecule has 0 aliphatic rings. The third kappa shape index (κ3) is 41.2. The summed E-state index contributed by atoms with van der Waals surface area (Å²) in [6.45, 7) is 0. The molecule has 10 N–H and O–H groups in total. The van der Waals surface area contributed by atoms with Gasteiger partial charge in [0.15, 0.2) is 5.60 Å². The fourth-order valence-electron chi connectivity index (χ4n) is 1.39. The molecule has 0 aliphatic carbocycles. The van der Waals surface area contributed by atoms with E-state index >= 15 is 0 Å². The van der Waals surface area contributed by atoms with Gasteiger partial charge < -0.3 is 71.0 Å². The quantitative estimate of drug-likeness (QED) is 0.0992. The first-order chi connectivity index (χ1) is 13.6. The van der Waals surface area contributed by atoms with Crippen molar-refractivity contribution in [3.8, 4) is 0 Å². The van der Waals surface area contributed by atoms with Gasteiger partial charge in [0.1, 0.15) is 5.60 Å². The zero-order chi connectivity index (χ0) is 25.8. The Labute approximate surface area is 295 Å². The minimum atomic E-state index is -4.67. The summed E-state index contributed by atoms with van der Waals surface area (Å²) in [6, 6.07) is 0. The van der Waals surface area contributed by atoms with Crippen LogP contribution in [0.2, 0.25) is 0 Å². The average Bonchev–Trinajstić information content (AvgIpc) is 2.41. The molecule has 0 fully saturated rings. The summed E-state index contributed by atoms with van der Waals surface area (Å²) >= 11 is 0. The second-order valence-corrected chi connectivity index (χ2v) is 6.22. The Morgan fingerprint density at radius 1 is 0.595 bits per heavy atom. The van der Waals surface area contributed by atoms with Crippen LogP contribution in [0.15, 0.2) is 0 Å². The van der Waals surface area contributed by atoms with Crippen LogP contribution < -0.4 is 139 Å². The summed E-state index contributed by atoms with van der Waals surface area (Å²) in [6.07, 6.45) is -5.16. The van der Waals surface area contributed by atoms with Crippen LogP contribution in [0.1, 0.15) is 25.7 Å². The molecule has 0 aromatic carbocycles. The van der Waals surface area contributed by atoms with Crippen LogP contribution in [0.3, 0.4) is 0 Å². The Balaban J connectivity index is -0.0000000450. The molecule has 0 bridgehead atoms. The zero-order valence-electron chi connectivity index (χ0n) is 19.8. The molecule has 0 rings (SSSR count). The molecule has 0 aromatic heterocycles. The minimum Gasteiger partial charge on any atom is -0.550 e. The van der Waals surface area contributed by atoms with Crippen molar-refractivity contribution in [3.05, 3.63) is 0 Å². The van der Waals surface area contributed by atoms with E-state index in [1.807, 2.05) is 0 Å². The number of carboxylic acid groups (broad SMARTS) is 6. The van der Waals surface area contributed by atoms with Crippen LogP contribution in [0.5, 0.6) is 0 Å². The SMILES string of the molecule is O.O.O=C([O-])CC(O)(CC(=O)O)C(=O)O.O=C([O-])CC(O)(CC(=O)[O-])C(=O)[O-].O=S(=O)(O)O.[Na+].[Na+].[Na+].[Na+]. The number of aliphatic carboxylic acids is 6. The molecule has 196 valence electrons. The van der Waals surface area contributed by atoms with Crippen LogP contribution in [0.4, 0.5) is 0 Å². The van der Waals surface area contributed by atoms with Gasteiger partial charge in [-0.15, -0.1) is 0 Å². The minimum absolute atomic E-state index is 0. The van der Waals surface area contributed by atoms with Gasteiger partial charge in [0, 0.05) is 37.2 Å². The summed E-state index contributed by atoms with van der Waals surface area (Å²) in [7, 11) is -4.67. The zero-order valence-corrected chi connectivity index (χ0v) is 28.6. The van der Waals surface area contributed by atoms with Crippen LogP contribution in [-0.2, 0) is 39.2 Å². The second-order valence-electron chi connectivity index (χ2n) is 5.32. The summed E-state index contributed by atoms with van der Waals surface area (Å²) in [5.41, 5.74) is -5.78. The van der Waals surface area contributed by atoms with Crippen molar-refractivity contribution >= 4 is 46.2 Å². The van der Waals surface area contributed by atoms with Gasteiger partial charge >= 0.3 is 141 Å². The Kier molecular flexibility index (Phi) is 46.7.